The van der Waals surface area contributed by atoms with Crippen molar-refractivity contribution in [3.63, 3.8) is 0 Å². The van der Waals surface area contributed by atoms with Crippen molar-refractivity contribution in [1.82, 2.24) is 44.9 Å². The van der Waals surface area contributed by atoms with Gasteiger partial charge in [-0.25, -0.2) is 24.9 Å². The van der Waals surface area contributed by atoms with Crippen molar-refractivity contribution in [1.29, 1.82) is 0 Å². The SMILES string of the molecule is c1ccc(-c2cc(-c3ccc(-c4ccc(-c5cccc6c(-c7ccccn7)nc7ccccc7c56)cc4)cc3)cc(-c3ccccn3)n2)nc1.c1ccc(-c2cc(-c3ccc(-c4ccc(-c5cccc6c(-c7ccccn7)nc7ccccc7c56)cc4)cc3)nc(-c3ccccc3)n2)cc1. The van der Waals surface area contributed by atoms with Crippen LogP contribution in [-0.2, 0) is 0 Å². The predicted molar refractivity (Wildman–Crippen MR) is 408 cm³/mol. The van der Waals surface area contributed by atoms with Crippen molar-refractivity contribution >= 4 is 43.4 Å². The molecule has 10 aromatic carbocycles. The first-order valence-corrected chi connectivity index (χ1v) is 33.3. The van der Waals surface area contributed by atoms with Gasteiger partial charge in [0.1, 0.15) is 0 Å². The van der Waals surface area contributed by atoms with E-state index in [1.807, 2.05) is 134 Å². The zero-order valence-electron chi connectivity index (χ0n) is 54.1. The molecule has 8 aromatic heterocycles. The average molecular weight is 1280 g/mol. The molecule has 100 heavy (non-hydrogen) atoms. The zero-order valence-corrected chi connectivity index (χ0v) is 54.1. The number of rotatable bonds is 12. The van der Waals surface area contributed by atoms with Gasteiger partial charge in [0.05, 0.1) is 68.0 Å². The topological polar surface area (TPSA) is 116 Å². The Bertz CT molecular complexity index is 5460. The monoisotopic (exact) mass is 1280 g/mol. The molecule has 0 saturated carbocycles. The first-order valence-electron chi connectivity index (χ1n) is 33.3. The summed E-state index contributed by atoms with van der Waals surface area (Å²) in [5.74, 6) is 0.714. The zero-order chi connectivity index (χ0) is 66.6. The Kier molecular flexibility index (Phi) is 16.1. The second kappa shape index (κ2) is 26.9. The summed E-state index contributed by atoms with van der Waals surface area (Å²) in [5.41, 5.74) is 25.0. The van der Waals surface area contributed by atoms with E-state index < -0.39 is 0 Å². The minimum absolute atomic E-state index is 0.714. The Morgan fingerprint density at radius 3 is 0.910 bits per heavy atom. The summed E-state index contributed by atoms with van der Waals surface area (Å²) in [6.07, 6.45) is 7.24. The maximum Gasteiger partial charge on any atom is 0.160 e. The molecule has 0 saturated heterocycles. The lowest BCUT2D eigenvalue weighted by Gasteiger charge is -2.14. The standard InChI is InChI=1S/C46H30N4.C45H29N5/c1-3-12-34(13-4-1)42-30-43(50-46(49-42)36-14-5-2-6-15-36)35-27-23-32(24-28-35)31-21-25-33(26-22-31)37-17-11-18-39-44(37)38-16-7-8-19-40(38)48-45(39)41-20-9-10-29-47-41;1-2-13-38-36(10-1)44-35(11-9-12-37(44)45(50-38)41-16-5-8-27-48-41)33-23-21-31(22-24-33)30-17-19-32(20-18-30)34-28-42(39-14-3-6-25-46-39)49-43(29-34)40-15-4-7-26-47-40/h1-30H;1-29H. The lowest BCUT2D eigenvalue weighted by atomic mass is 9.92. The van der Waals surface area contributed by atoms with Crippen molar-refractivity contribution in [2.24, 2.45) is 0 Å². The molecule has 9 heteroatoms. The van der Waals surface area contributed by atoms with Gasteiger partial charge in [-0.05, 0) is 134 Å². The molecular formula is C91H59N9. The van der Waals surface area contributed by atoms with E-state index >= 15 is 0 Å². The van der Waals surface area contributed by atoms with Crippen molar-refractivity contribution in [2.75, 3.05) is 0 Å². The average Bonchev–Trinajstić information content (AvgIpc) is 0.751. The smallest absolute Gasteiger partial charge is 0.160 e. The number of para-hydroxylation sites is 2. The Labute approximate surface area is 578 Å². The Morgan fingerprint density at radius 1 is 0.170 bits per heavy atom. The molecule has 8 heterocycles. The van der Waals surface area contributed by atoms with Gasteiger partial charge >= 0.3 is 0 Å². The summed E-state index contributed by atoms with van der Waals surface area (Å²) in [6, 6.07) is 115. The fourth-order valence-corrected chi connectivity index (χ4v) is 13.3. The third-order valence-electron chi connectivity index (χ3n) is 18.2. The minimum Gasteiger partial charge on any atom is -0.255 e. The highest BCUT2D eigenvalue weighted by atomic mass is 14.9. The quantitative estimate of drug-likeness (QED) is 0.110. The summed E-state index contributed by atoms with van der Waals surface area (Å²) in [6.45, 7) is 0. The van der Waals surface area contributed by atoms with Gasteiger partial charge in [0.25, 0.3) is 0 Å². The van der Waals surface area contributed by atoms with Crippen molar-refractivity contribution in [3.05, 3.63) is 358 Å². The van der Waals surface area contributed by atoms with Crippen LogP contribution >= 0.6 is 0 Å². The minimum atomic E-state index is 0.714. The van der Waals surface area contributed by atoms with Crippen molar-refractivity contribution in [3.8, 4) is 135 Å². The van der Waals surface area contributed by atoms with E-state index in [1.165, 1.54) is 21.9 Å². The molecule has 0 amide bonds. The van der Waals surface area contributed by atoms with E-state index in [-0.39, 0.29) is 0 Å². The molecule has 0 fully saturated rings. The van der Waals surface area contributed by atoms with Gasteiger partial charge in [-0.15, -0.1) is 0 Å². The number of hydrogen-bond donors (Lipinski definition) is 0. The molecule has 0 aliphatic rings. The maximum absolute atomic E-state index is 5.06. The van der Waals surface area contributed by atoms with Gasteiger partial charge in [0.2, 0.25) is 0 Å². The molecule has 0 atom stereocenters. The Hall–Kier alpha value is -13.6. The molecule has 0 aliphatic carbocycles. The highest BCUT2D eigenvalue weighted by Crippen LogP contribution is 2.42. The van der Waals surface area contributed by atoms with Gasteiger partial charge in [-0.3, -0.25) is 19.9 Å². The summed E-state index contributed by atoms with van der Waals surface area (Å²) < 4.78 is 0. The number of hydrogen-bond acceptors (Lipinski definition) is 9. The predicted octanol–water partition coefficient (Wildman–Crippen LogP) is 22.5. The highest BCUT2D eigenvalue weighted by molar-refractivity contribution is 6.18. The third kappa shape index (κ3) is 12.1. The third-order valence-corrected chi connectivity index (χ3v) is 18.2. The van der Waals surface area contributed by atoms with Crippen LogP contribution in [0.2, 0.25) is 0 Å². The molecular weight excluding hydrogens is 1220 g/mol. The van der Waals surface area contributed by atoms with Crippen LogP contribution in [0.5, 0.6) is 0 Å². The van der Waals surface area contributed by atoms with Gasteiger partial charge in [0, 0.05) is 73.8 Å². The van der Waals surface area contributed by atoms with Gasteiger partial charge in [-0.1, -0.05) is 255 Å². The first-order chi connectivity index (χ1) is 49.6. The second-order valence-corrected chi connectivity index (χ2v) is 24.4. The van der Waals surface area contributed by atoms with E-state index in [4.69, 9.17) is 24.9 Å². The Morgan fingerprint density at radius 2 is 0.500 bits per heavy atom. The van der Waals surface area contributed by atoms with Gasteiger partial charge in [0.15, 0.2) is 5.82 Å². The highest BCUT2D eigenvalue weighted by Gasteiger charge is 2.19. The van der Waals surface area contributed by atoms with Crippen molar-refractivity contribution < 1.29 is 0 Å². The fraction of sp³-hybridized carbons (Fsp3) is 0. The van der Waals surface area contributed by atoms with Crippen LogP contribution < -0.4 is 0 Å². The molecule has 0 spiro atoms. The van der Waals surface area contributed by atoms with E-state index in [0.717, 1.165) is 151 Å². The molecule has 9 nitrogen and oxygen atoms in total. The van der Waals surface area contributed by atoms with Gasteiger partial charge in [-0.2, -0.15) is 0 Å². The summed E-state index contributed by atoms with van der Waals surface area (Å²) in [4.78, 5) is 43.4. The van der Waals surface area contributed by atoms with E-state index in [2.05, 4.69) is 232 Å². The van der Waals surface area contributed by atoms with Crippen LogP contribution in [0, 0.1) is 0 Å². The van der Waals surface area contributed by atoms with E-state index in [0.29, 0.717) is 5.82 Å². The first kappa shape index (κ1) is 60.1. The molecule has 0 N–H and O–H groups in total. The van der Waals surface area contributed by atoms with E-state index in [9.17, 15) is 0 Å². The van der Waals surface area contributed by atoms with Crippen LogP contribution in [0.15, 0.2) is 358 Å². The number of fused-ring (bicyclic) bond motifs is 6. The van der Waals surface area contributed by atoms with Crippen LogP contribution in [-0.4, -0.2) is 44.9 Å². The van der Waals surface area contributed by atoms with Crippen LogP contribution in [0.3, 0.4) is 0 Å². The molecule has 18 rings (SSSR count). The number of benzene rings is 10. The molecule has 0 aliphatic heterocycles. The lowest BCUT2D eigenvalue weighted by molar-refractivity contribution is 1.18. The molecule has 468 valence electrons. The maximum atomic E-state index is 5.06. The molecule has 0 unspecified atom stereocenters. The fourth-order valence-electron chi connectivity index (χ4n) is 13.3. The Balaban J connectivity index is 0.000000150. The van der Waals surface area contributed by atoms with Crippen LogP contribution in [0.25, 0.3) is 178 Å². The molecule has 0 bridgehead atoms. The van der Waals surface area contributed by atoms with Gasteiger partial charge < -0.3 is 0 Å². The number of aromatic nitrogens is 9. The summed E-state index contributed by atoms with van der Waals surface area (Å²) in [5, 5.41) is 6.82. The largest absolute Gasteiger partial charge is 0.255 e. The summed E-state index contributed by atoms with van der Waals surface area (Å²) in [7, 11) is 0. The molecule has 18 aromatic rings. The number of nitrogens with zero attached hydrogens (tertiary/aromatic N) is 9. The van der Waals surface area contributed by atoms with Crippen LogP contribution in [0.1, 0.15) is 0 Å². The molecule has 0 radical (unpaired) electrons. The van der Waals surface area contributed by atoms with Crippen molar-refractivity contribution in [2.45, 2.75) is 0 Å². The lowest BCUT2D eigenvalue weighted by Crippen LogP contribution is -1.95. The normalized spacial score (nSPS) is 11.2. The number of pyridine rings is 7. The summed E-state index contributed by atoms with van der Waals surface area (Å²) >= 11 is 0. The van der Waals surface area contributed by atoms with E-state index in [1.54, 1.807) is 12.4 Å². The second-order valence-electron chi connectivity index (χ2n) is 24.4. The van der Waals surface area contributed by atoms with Crippen LogP contribution in [0.4, 0.5) is 0 Å².